The minimum atomic E-state index is -4.54. The average molecular weight is 560 g/mol. The number of amides is 1. The molecule has 1 aliphatic carbocycles. The highest BCUT2D eigenvalue weighted by Gasteiger charge is 2.34. The van der Waals surface area contributed by atoms with Gasteiger partial charge in [-0.1, -0.05) is 67.3 Å². The molecule has 3 aromatic rings. The number of piperazine rings is 1. The summed E-state index contributed by atoms with van der Waals surface area (Å²) in [5.74, 6) is 6.13. The number of hydrogen-bond donors (Lipinski definition) is 2. The van der Waals surface area contributed by atoms with Gasteiger partial charge in [0, 0.05) is 66.9 Å². The van der Waals surface area contributed by atoms with Crippen molar-refractivity contribution >= 4 is 28.2 Å². The van der Waals surface area contributed by atoms with E-state index in [-0.39, 0.29) is 29.6 Å². The Morgan fingerprint density at radius 3 is 2.59 bits per heavy atom. The number of likely N-dealkylation sites (N-methyl/N-ethyl adjacent to an activating group) is 1. The van der Waals surface area contributed by atoms with Crippen LogP contribution >= 0.6 is 0 Å². The van der Waals surface area contributed by atoms with Gasteiger partial charge in [-0.15, -0.1) is 0 Å². The molecule has 6 nitrogen and oxygen atoms in total. The Balaban J connectivity index is 1.34. The summed E-state index contributed by atoms with van der Waals surface area (Å²) in [6, 6.07) is 11.6. The van der Waals surface area contributed by atoms with E-state index in [0.717, 1.165) is 35.5 Å². The molecule has 2 aliphatic rings. The maximum absolute atomic E-state index is 14.0. The van der Waals surface area contributed by atoms with Crippen LogP contribution in [0, 0.1) is 23.7 Å². The van der Waals surface area contributed by atoms with E-state index in [1.54, 1.807) is 18.3 Å². The third-order valence-corrected chi connectivity index (χ3v) is 7.63. The molecule has 0 spiro atoms. The highest BCUT2D eigenvalue weighted by molar-refractivity contribution is 6.06. The molecule has 0 radical (unpaired) electrons. The van der Waals surface area contributed by atoms with Gasteiger partial charge >= 0.3 is 6.18 Å². The second-order valence-corrected chi connectivity index (χ2v) is 10.6. The molecule has 0 saturated carbocycles. The van der Waals surface area contributed by atoms with Crippen LogP contribution in [0.3, 0.4) is 0 Å². The third-order valence-electron chi connectivity index (χ3n) is 7.63. The number of allylic oxidation sites excluding steroid dienone is 2. The standard InChI is InChI=1S/C32H32F3N5O/c1-21-7-8-23(17-22(21)9-10-24-19-37-30(36)28-6-4-3-5-27(24)28)31(41)38-26-12-11-25(29(18-26)32(33,34)35)20-40-15-13-39(2)14-16-40/h3-8,11-12,17-19,21-22H,13-16,20H2,1-2H3,(H2,36,37)(H,38,41). The minimum absolute atomic E-state index is 0.0396. The van der Waals surface area contributed by atoms with Crippen molar-refractivity contribution in [1.82, 2.24) is 14.8 Å². The largest absolute Gasteiger partial charge is 0.416 e. The van der Waals surface area contributed by atoms with Crippen LogP contribution in [-0.4, -0.2) is 53.9 Å². The van der Waals surface area contributed by atoms with Crippen molar-refractivity contribution in [2.24, 2.45) is 11.8 Å². The van der Waals surface area contributed by atoms with Crippen molar-refractivity contribution in [3.63, 3.8) is 0 Å². The number of halogens is 3. The zero-order chi connectivity index (χ0) is 29.1. The third kappa shape index (κ3) is 6.62. The van der Waals surface area contributed by atoms with Gasteiger partial charge in [0.2, 0.25) is 0 Å². The summed E-state index contributed by atoms with van der Waals surface area (Å²) in [5, 5.41) is 4.36. The molecule has 1 amide bonds. The van der Waals surface area contributed by atoms with Crippen molar-refractivity contribution in [2.75, 3.05) is 44.3 Å². The number of carbonyl (C=O) groups excluding carboxylic acids is 1. The number of benzene rings is 2. The maximum Gasteiger partial charge on any atom is 0.416 e. The molecule has 0 bridgehead atoms. The molecular formula is C32H32F3N5O. The van der Waals surface area contributed by atoms with Crippen LogP contribution in [0.15, 0.2) is 72.5 Å². The molecule has 1 aromatic heterocycles. The van der Waals surface area contributed by atoms with Gasteiger partial charge in [0.1, 0.15) is 5.82 Å². The minimum Gasteiger partial charge on any atom is -0.383 e. The Morgan fingerprint density at radius 2 is 1.85 bits per heavy atom. The van der Waals surface area contributed by atoms with Gasteiger partial charge in [-0.25, -0.2) is 4.98 Å². The summed E-state index contributed by atoms with van der Waals surface area (Å²) < 4.78 is 42.0. The summed E-state index contributed by atoms with van der Waals surface area (Å²) in [4.78, 5) is 21.5. The van der Waals surface area contributed by atoms with Gasteiger partial charge in [-0.05, 0) is 30.7 Å². The number of nitrogens with two attached hydrogens (primary N) is 1. The number of aromatic nitrogens is 1. The van der Waals surface area contributed by atoms with Gasteiger partial charge in [0.25, 0.3) is 5.91 Å². The predicted molar refractivity (Wildman–Crippen MR) is 156 cm³/mol. The number of rotatable bonds is 4. The fourth-order valence-corrected chi connectivity index (χ4v) is 5.08. The Bertz CT molecular complexity index is 1580. The number of hydrogen-bond acceptors (Lipinski definition) is 5. The lowest BCUT2D eigenvalue weighted by atomic mass is 9.87. The van der Waals surface area contributed by atoms with Crippen LogP contribution in [0.4, 0.5) is 24.7 Å². The fraction of sp³-hybridized carbons (Fsp3) is 0.312. The van der Waals surface area contributed by atoms with Gasteiger partial charge in [0.15, 0.2) is 0 Å². The van der Waals surface area contributed by atoms with Crippen LogP contribution in [0.1, 0.15) is 23.6 Å². The Labute approximate surface area is 237 Å². The second-order valence-electron chi connectivity index (χ2n) is 10.6. The van der Waals surface area contributed by atoms with E-state index in [0.29, 0.717) is 24.5 Å². The normalized spacial score (nSPS) is 19.9. The summed E-state index contributed by atoms with van der Waals surface area (Å²) in [6.45, 7) is 5.25. The van der Waals surface area contributed by atoms with Crippen LogP contribution in [-0.2, 0) is 17.5 Å². The lowest BCUT2D eigenvalue weighted by Crippen LogP contribution is -2.44. The number of carbonyl (C=O) groups is 1. The van der Waals surface area contributed by atoms with Crippen molar-refractivity contribution < 1.29 is 18.0 Å². The van der Waals surface area contributed by atoms with Crippen molar-refractivity contribution in [3.8, 4) is 11.8 Å². The smallest absolute Gasteiger partial charge is 0.383 e. The van der Waals surface area contributed by atoms with E-state index in [2.05, 4.69) is 27.0 Å². The van der Waals surface area contributed by atoms with Crippen LogP contribution in [0.2, 0.25) is 0 Å². The monoisotopic (exact) mass is 559 g/mol. The number of nitrogen functional groups attached to an aromatic ring is 1. The highest BCUT2D eigenvalue weighted by Crippen LogP contribution is 2.35. The zero-order valence-electron chi connectivity index (χ0n) is 23.0. The van der Waals surface area contributed by atoms with Crippen LogP contribution < -0.4 is 11.1 Å². The first kappa shape index (κ1) is 28.4. The van der Waals surface area contributed by atoms with E-state index in [1.807, 2.05) is 49.2 Å². The number of nitrogens with zero attached hydrogens (tertiary/aromatic N) is 3. The molecular weight excluding hydrogens is 527 g/mol. The van der Waals surface area contributed by atoms with E-state index >= 15 is 0 Å². The summed E-state index contributed by atoms with van der Waals surface area (Å²) in [5.41, 5.74) is 6.64. The number of anilines is 2. The molecule has 2 unspecified atom stereocenters. The van der Waals surface area contributed by atoms with Crippen molar-refractivity contribution in [1.29, 1.82) is 0 Å². The Morgan fingerprint density at radius 1 is 1.12 bits per heavy atom. The molecule has 41 heavy (non-hydrogen) atoms. The number of fused-ring (bicyclic) bond motifs is 1. The first-order valence-electron chi connectivity index (χ1n) is 13.6. The van der Waals surface area contributed by atoms with E-state index in [4.69, 9.17) is 5.73 Å². The van der Waals surface area contributed by atoms with Gasteiger partial charge in [0.05, 0.1) is 11.1 Å². The second kappa shape index (κ2) is 11.8. The van der Waals surface area contributed by atoms with E-state index in [1.165, 1.54) is 12.1 Å². The highest BCUT2D eigenvalue weighted by atomic mass is 19.4. The van der Waals surface area contributed by atoms with Crippen molar-refractivity contribution in [2.45, 2.75) is 19.6 Å². The van der Waals surface area contributed by atoms with Gasteiger partial charge in [-0.3, -0.25) is 9.69 Å². The molecule has 1 aliphatic heterocycles. The van der Waals surface area contributed by atoms with Crippen molar-refractivity contribution in [3.05, 3.63) is 89.2 Å². The first-order valence-corrected chi connectivity index (χ1v) is 13.6. The van der Waals surface area contributed by atoms with Crippen LogP contribution in [0.25, 0.3) is 10.8 Å². The molecule has 2 aromatic carbocycles. The van der Waals surface area contributed by atoms with Gasteiger partial charge in [-0.2, -0.15) is 13.2 Å². The van der Waals surface area contributed by atoms with Gasteiger partial charge < -0.3 is 16.0 Å². The molecule has 212 valence electrons. The topological polar surface area (TPSA) is 74.5 Å². The van der Waals surface area contributed by atoms with Crippen LogP contribution in [0.5, 0.6) is 0 Å². The zero-order valence-corrected chi connectivity index (χ0v) is 23.0. The number of pyridine rings is 1. The quantitative estimate of drug-likeness (QED) is 0.424. The maximum atomic E-state index is 14.0. The molecule has 3 N–H and O–H groups in total. The first-order chi connectivity index (χ1) is 19.6. The number of nitrogens with one attached hydrogen (secondary N) is 1. The summed E-state index contributed by atoms with van der Waals surface area (Å²) in [7, 11) is 2.00. The lowest BCUT2D eigenvalue weighted by molar-refractivity contribution is -0.138. The summed E-state index contributed by atoms with van der Waals surface area (Å²) in [6.07, 6.45) is 2.42. The van der Waals surface area contributed by atoms with E-state index in [9.17, 15) is 18.0 Å². The fourth-order valence-electron chi connectivity index (χ4n) is 5.08. The molecule has 1 fully saturated rings. The SMILES string of the molecule is CC1C=CC(C(=O)Nc2ccc(CN3CCN(C)CC3)c(C(F)(F)F)c2)=CC1C#Cc1cnc(N)c2ccccc12. The molecule has 5 rings (SSSR count). The Hall–Kier alpha value is -4.13. The molecule has 2 atom stereocenters. The Kier molecular flexibility index (Phi) is 8.15. The number of alkyl halides is 3. The predicted octanol–water partition coefficient (Wildman–Crippen LogP) is 5.32. The average Bonchev–Trinajstić information content (AvgIpc) is 2.95. The molecule has 2 heterocycles. The summed E-state index contributed by atoms with van der Waals surface area (Å²) >= 11 is 0. The lowest BCUT2D eigenvalue weighted by Gasteiger charge is -2.33. The molecule has 9 heteroatoms. The molecule has 1 saturated heterocycles. The van der Waals surface area contributed by atoms with E-state index < -0.39 is 17.6 Å².